The van der Waals surface area contributed by atoms with Gasteiger partial charge in [-0.05, 0) is 38.0 Å². The first kappa shape index (κ1) is 14.9. The van der Waals surface area contributed by atoms with Crippen LogP contribution >= 0.6 is 11.8 Å². The highest BCUT2D eigenvalue weighted by Gasteiger charge is 2.31. The third-order valence-corrected chi connectivity index (χ3v) is 4.75. The maximum absolute atomic E-state index is 11.7. The number of allylic oxidation sites excluding steroid dienone is 2. The molecule has 1 unspecified atom stereocenters. The highest BCUT2D eigenvalue weighted by Crippen LogP contribution is 2.27. The molecule has 114 valence electrons. The zero-order valence-corrected chi connectivity index (χ0v) is 13.4. The van der Waals surface area contributed by atoms with Crippen LogP contribution in [0.3, 0.4) is 0 Å². The van der Waals surface area contributed by atoms with E-state index in [9.17, 15) is 9.59 Å². The minimum atomic E-state index is -0.320. The summed E-state index contributed by atoms with van der Waals surface area (Å²) >= 11 is 1.08. The van der Waals surface area contributed by atoms with Gasteiger partial charge in [0.25, 0.3) is 5.24 Å². The molecular weight excluding hydrogens is 296 g/mol. The largest absolute Gasteiger partial charge is 0.344 e. The second-order valence-electron chi connectivity index (χ2n) is 5.69. The van der Waals surface area contributed by atoms with E-state index in [1.54, 1.807) is 0 Å². The highest BCUT2D eigenvalue weighted by molar-refractivity contribution is 8.15. The minimum Gasteiger partial charge on any atom is -0.344 e. The molecule has 4 nitrogen and oxygen atoms in total. The van der Waals surface area contributed by atoms with Crippen LogP contribution < -0.4 is 5.32 Å². The van der Waals surface area contributed by atoms with Gasteiger partial charge in [0.05, 0.1) is 5.25 Å². The number of imide groups is 1. The van der Waals surface area contributed by atoms with E-state index < -0.39 is 0 Å². The molecule has 1 atom stereocenters. The van der Waals surface area contributed by atoms with Gasteiger partial charge in [-0.25, -0.2) is 0 Å². The van der Waals surface area contributed by atoms with E-state index in [-0.39, 0.29) is 16.4 Å². The Kier molecular flexibility index (Phi) is 4.07. The van der Waals surface area contributed by atoms with Crippen LogP contribution in [-0.4, -0.2) is 21.0 Å². The number of carbonyl (C=O) groups is 2. The minimum absolute atomic E-state index is 0.184. The third-order valence-electron chi connectivity index (χ3n) is 3.77. The lowest BCUT2D eigenvalue weighted by molar-refractivity contribution is -0.118. The zero-order chi connectivity index (χ0) is 15.7. The van der Waals surface area contributed by atoms with E-state index in [0.717, 1.165) is 34.8 Å². The van der Waals surface area contributed by atoms with Crippen molar-refractivity contribution in [2.45, 2.75) is 32.1 Å². The molecule has 2 aromatic rings. The van der Waals surface area contributed by atoms with Gasteiger partial charge in [0.2, 0.25) is 5.91 Å². The Morgan fingerprint density at radius 3 is 2.82 bits per heavy atom. The van der Waals surface area contributed by atoms with Gasteiger partial charge in [-0.3, -0.25) is 14.9 Å². The average molecular weight is 314 g/mol. The molecule has 1 N–H and O–H groups in total. The fraction of sp³-hybridized carbons (Fsp3) is 0.294. The molecule has 0 bridgehead atoms. The Bertz CT molecular complexity index is 772. The summed E-state index contributed by atoms with van der Waals surface area (Å²) in [7, 11) is 0. The number of aromatic nitrogens is 1. The summed E-state index contributed by atoms with van der Waals surface area (Å²) in [5.74, 6) is -0.184. The fourth-order valence-corrected chi connectivity index (χ4v) is 3.48. The number of carbonyl (C=O) groups excluding carboxylic acids is 2. The Morgan fingerprint density at radius 2 is 2.14 bits per heavy atom. The van der Waals surface area contributed by atoms with Crippen LogP contribution in [0.2, 0.25) is 0 Å². The van der Waals surface area contributed by atoms with Gasteiger partial charge >= 0.3 is 0 Å². The summed E-state index contributed by atoms with van der Waals surface area (Å²) in [6, 6.07) is 8.22. The molecule has 0 radical (unpaired) electrons. The van der Waals surface area contributed by atoms with Crippen molar-refractivity contribution in [1.82, 2.24) is 9.88 Å². The number of hydrogen-bond donors (Lipinski definition) is 1. The normalized spacial score (nSPS) is 17.8. The lowest BCUT2D eigenvalue weighted by atomic mass is 10.0. The van der Waals surface area contributed by atoms with E-state index in [4.69, 9.17) is 0 Å². The number of hydrogen-bond acceptors (Lipinski definition) is 3. The smallest absolute Gasteiger partial charge is 0.286 e. The van der Waals surface area contributed by atoms with E-state index >= 15 is 0 Å². The number of fused-ring (bicyclic) bond motifs is 1. The first-order chi connectivity index (χ1) is 10.5. The molecule has 0 spiro atoms. The van der Waals surface area contributed by atoms with E-state index in [1.165, 1.54) is 5.57 Å². The summed E-state index contributed by atoms with van der Waals surface area (Å²) in [6.07, 6.45) is 4.83. The molecular formula is C17H18N2O2S. The lowest BCUT2D eigenvalue weighted by Gasteiger charge is -2.08. The monoisotopic (exact) mass is 314 g/mol. The summed E-state index contributed by atoms with van der Waals surface area (Å²) < 4.78 is 2.19. The van der Waals surface area contributed by atoms with Crippen LogP contribution in [0.15, 0.2) is 42.1 Å². The van der Waals surface area contributed by atoms with Gasteiger partial charge in [0.15, 0.2) is 0 Å². The topological polar surface area (TPSA) is 51.1 Å². The Labute approximate surface area is 133 Å². The molecule has 1 aromatic carbocycles. The van der Waals surface area contributed by atoms with E-state index in [1.807, 2.05) is 12.1 Å². The van der Waals surface area contributed by atoms with Crippen molar-refractivity contribution in [2.75, 3.05) is 0 Å². The molecule has 1 saturated heterocycles. The standard InChI is InChI=1S/C17H18N2O2S/c1-11(2)6-8-19-9-7-13-12(4-3-5-14(13)19)10-15-16(20)18-17(21)22-15/h3-7,9,15H,8,10H2,1-2H3,(H,18,20,21). The van der Waals surface area contributed by atoms with Crippen LogP contribution in [0.4, 0.5) is 4.79 Å². The number of benzene rings is 1. The molecule has 1 fully saturated rings. The van der Waals surface area contributed by atoms with Crippen LogP contribution in [0.25, 0.3) is 10.9 Å². The number of thioether (sulfide) groups is 1. The SMILES string of the molecule is CC(C)=CCn1ccc2c(CC3SC(=O)NC3=O)cccc21. The highest BCUT2D eigenvalue weighted by atomic mass is 32.2. The summed E-state index contributed by atoms with van der Waals surface area (Å²) in [6.45, 7) is 5.01. The second-order valence-corrected chi connectivity index (χ2v) is 6.86. The molecule has 0 saturated carbocycles. The molecule has 2 amide bonds. The number of rotatable bonds is 4. The Morgan fingerprint density at radius 1 is 1.32 bits per heavy atom. The second kappa shape index (κ2) is 6.01. The lowest BCUT2D eigenvalue weighted by Crippen LogP contribution is -2.25. The Hall–Kier alpha value is -2.01. The van der Waals surface area contributed by atoms with Crippen molar-refractivity contribution >= 4 is 33.8 Å². The van der Waals surface area contributed by atoms with Gasteiger partial charge in [0, 0.05) is 23.6 Å². The number of nitrogens with one attached hydrogen (secondary N) is 1. The van der Waals surface area contributed by atoms with Crippen molar-refractivity contribution in [2.24, 2.45) is 0 Å². The molecule has 1 aromatic heterocycles. The van der Waals surface area contributed by atoms with Gasteiger partial charge < -0.3 is 4.57 Å². The molecule has 1 aliphatic heterocycles. The van der Waals surface area contributed by atoms with Crippen LogP contribution in [-0.2, 0) is 17.8 Å². The molecule has 1 aliphatic rings. The van der Waals surface area contributed by atoms with Crippen molar-refractivity contribution in [1.29, 1.82) is 0 Å². The van der Waals surface area contributed by atoms with E-state index in [0.29, 0.717) is 6.42 Å². The average Bonchev–Trinajstić information content (AvgIpc) is 3.01. The van der Waals surface area contributed by atoms with Crippen LogP contribution in [0.5, 0.6) is 0 Å². The molecule has 2 heterocycles. The van der Waals surface area contributed by atoms with Crippen molar-refractivity contribution in [3.63, 3.8) is 0 Å². The first-order valence-electron chi connectivity index (χ1n) is 7.26. The summed E-state index contributed by atoms with van der Waals surface area (Å²) in [5.41, 5.74) is 3.55. The first-order valence-corrected chi connectivity index (χ1v) is 8.14. The molecule has 0 aliphatic carbocycles. The van der Waals surface area contributed by atoms with Gasteiger partial charge in [-0.2, -0.15) is 0 Å². The molecule has 22 heavy (non-hydrogen) atoms. The van der Waals surface area contributed by atoms with Gasteiger partial charge in [-0.15, -0.1) is 0 Å². The quantitative estimate of drug-likeness (QED) is 0.879. The molecule has 5 heteroatoms. The predicted octanol–water partition coefficient (Wildman–Crippen LogP) is 3.50. The number of nitrogens with zero attached hydrogens (tertiary/aromatic N) is 1. The van der Waals surface area contributed by atoms with E-state index in [2.05, 4.69) is 48.1 Å². The predicted molar refractivity (Wildman–Crippen MR) is 90.0 cm³/mol. The summed E-state index contributed by atoms with van der Waals surface area (Å²) in [4.78, 5) is 23.0. The van der Waals surface area contributed by atoms with Crippen molar-refractivity contribution in [3.05, 3.63) is 47.7 Å². The van der Waals surface area contributed by atoms with Crippen LogP contribution in [0.1, 0.15) is 19.4 Å². The van der Waals surface area contributed by atoms with Crippen LogP contribution in [0, 0.1) is 0 Å². The van der Waals surface area contributed by atoms with Gasteiger partial charge in [-0.1, -0.05) is 35.5 Å². The summed E-state index contributed by atoms with van der Waals surface area (Å²) in [5, 5.41) is 2.93. The van der Waals surface area contributed by atoms with Crippen molar-refractivity contribution in [3.8, 4) is 0 Å². The van der Waals surface area contributed by atoms with Gasteiger partial charge in [0.1, 0.15) is 0 Å². The van der Waals surface area contributed by atoms with Crippen molar-refractivity contribution < 1.29 is 9.59 Å². The zero-order valence-electron chi connectivity index (χ0n) is 12.6. The molecule has 3 rings (SSSR count). The third kappa shape index (κ3) is 2.95. The maximum Gasteiger partial charge on any atom is 0.286 e. The fourth-order valence-electron chi connectivity index (χ4n) is 2.63. The maximum atomic E-state index is 11.7. The number of amides is 2. The Balaban J connectivity index is 1.89.